The average molecular weight is 223 g/mol. The van der Waals surface area contributed by atoms with Gasteiger partial charge in [-0.3, -0.25) is 0 Å². The van der Waals surface area contributed by atoms with E-state index >= 15 is 0 Å². The van der Waals surface area contributed by atoms with Gasteiger partial charge >= 0.3 is 17.4 Å². The van der Waals surface area contributed by atoms with Gasteiger partial charge in [-0.2, -0.15) is 0 Å². The number of β-amino-alcohol motifs (C(OH)–C–C–N with tert-alkyl or cyclic N) is 1. The van der Waals surface area contributed by atoms with Crippen molar-refractivity contribution in [3.63, 3.8) is 0 Å². The predicted molar refractivity (Wildman–Crippen MR) is 50.1 cm³/mol. The Morgan fingerprint density at radius 3 is 2.38 bits per heavy atom. The van der Waals surface area contributed by atoms with Crippen LogP contribution in [0, 0.1) is 5.41 Å². The van der Waals surface area contributed by atoms with E-state index in [1.54, 1.807) is 6.92 Å². The molecule has 7 heteroatoms. The van der Waals surface area contributed by atoms with Crippen LogP contribution in [0.15, 0.2) is 0 Å². The zero-order chi connectivity index (χ0) is 9.35. The third-order valence-corrected chi connectivity index (χ3v) is 2.99. The van der Waals surface area contributed by atoms with Crippen molar-refractivity contribution in [2.75, 3.05) is 19.7 Å². The molecule has 0 amide bonds. The van der Waals surface area contributed by atoms with Crippen molar-refractivity contribution in [2.45, 2.75) is 13.0 Å². The molecule has 0 saturated carbocycles. The fraction of sp³-hybridized carbons (Fsp3) is 1.00. The maximum atomic E-state index is 10.5. The summed E-state index contributed by atoms with van der Waals surface area (Å²) in [6.07, 6.45) is -0.777. The topological polar surface area (TPSA) is 77.8 Å². The quantitative estimate of drug-likeness (QED) is 0.418. The van der Waals surface area contributed by atoms with Gasteiger partial charge in [0.15, 0.2) is 0 Å². The zero-order valence-electron chi connectivity index (χ0n) is 7.77. The van der Waals surface area contributed by atoms with Gasteiger partial charge in [-0.15, -0.1) is 0 Å². The van der Waals surface area contributed by atoms with Gasteiger partial charge in [0.2, 0.25) is 0 Å². The van der Waals surface area contributed by atoms with Crippen LogP contribution in [0.5, 0.6) is 0 Å². The van der Waals surface area contributed by atoms with Crippen LogP contribution in [0.25, 0.3) is 0 Å². The van der Waals surface area contributed by atoms with Gasteiger partial charge in [0, 0.05) is 12.0 Å². The SMILES string of the molecule is C[C@@]1(CO)CN([S-](=O)=O)C[C@@H]1O.[AlH2+]. The Kier molecular flexibility index (Phi) is 4.87. The van der Waals surface area contributed by atoms with Crippen LogP contribution in [0.4, 0.5) is 0 Å². The van der Waals surface area contributed by atoms with Gasteiger partial charge in [0.1, 0.15) is 0 Å². The monoisotopic (exact) mass is 223 g/mol. The van der Waals surface area contributed by atoms with Crippen molar-refractivity contribution >= 4 is 28.3 Å². The first-order chi connectivity index (χ1) is 5.49. The second kappa shape index (κ2) is 4.73. The first-order valence-corrected chi connectivity index (χ1v) is 4.66. The Morgan fingerprint density at radius 1 is 1.62 bits per heavy atom. The van der Waals surface area contributed by atoms with Crippen molar-refractivity contribution < 1.29 is 18.6 Å². The van der Waals surface area contributed by atoms with Crippen LogP contribution in [0.2, 0.25) is 0 Å². The summed E-state index contributed by atoms with van der Waals surface area (Å²) in [5.41, 5.74) is -0.708. The number of rotatable bonds is 2. The fourth-order valence-corrected chi connectivity index (χ4v) is 1.92. The van der Waals surface area contributed by atoms with Crippen LogP contribution < -0.4 is 0 Å². The summed E-state index contributed by atoms with van der Waals surface area (Å²) >= 11 is 0. The molecule has 2 N–H and O–H groups in total. The summed E-state index contributed by atoms with van der Waals surface area (Å²) in [5, 5.41) is 18.3. The summed E-state index contributed by atoms with van der Waals surface area (Å²) in [7, 11) is -2.30. The molecule has 0 spiro atoms. The number of aliphatic hydroxyl groups excluding tert-OH is 2. The van der Waals surface area contributed by atoms with Gasteiger partial charge < -0.3 is 22.9 Å². The van der Waals surface area contributed by atoms with Gasteiger partial charge in [0.05, 0.1) is 12.7 Å². The van der Waals surface area contributed by atoms with E-state index < -0.39 is 22.4 Å². The molecular formula is C6H14AlNO4S. The molecule has 1 fully saturated rings. The first-order valence-electron chi connectivity index (χ1n) is 3.63. The summed E-state index contributed by atoms with van der Waals surface area (Å²) in [4.78, 5) is 0. The Bertz CT molecular complexity index is 239. The summed E-state index contributed by atoms with van der Waals surface area (Å²) < 4.78 is 22.1. The van der Waals surface area contributed by atoms with Crippen molar-refractivity contribution in [3.05, 3.63) is 0 Å². The van der Waals surface area contributed by atoms with Crippen LogP contribution in [-0.2, 0) is 19.3 Å². The zero-order valence-corrected chi connectivity index (χ0v) is 10.6. The molecule has 1 aliphatic heterocycles. The second-order valence-corrected chi connectivity index (χ2v) is 4.32. The van der Waals surface area contributed by atoms with E-state index in [0.717, 1.165) is 4.31 Å². The van der Waals surface area contributed by atoms with Crippen molar-refractivity contribution in [1.82, 2.24) is 4.31 Å². The number of aliphatic hydroxyl groups is 2. The van der Waals surface area contributed by atoms with Gasteiger partial charge in [-0.1, -0.05) is 6.92 Å². The molecule has 5 nitrogen and oxygen atoms in total. The van der Waals surface area contributed by atoms with Crippen LogP contribution in [0.1, 0.15) is 6.92 Å². The van der Waals surface area contributed by atoms with E-state index in [4.69, 9.17) is 5.11 Å². The van der Waals surface area contributed by atoms with Crippen LogP contribution in [0.3, 0.4) is 0 Å². The molecule has 0 bridgehead atoms. The van der Waals surface area contributed by atoms with E-state index in [0.29, 0.717) is 0 Å². The maximum absolute atomic E-state index is 10.5. The average Bonchev–Trinajstić information content (AvgIpc) is 2.30. The normalized spacial score (nSPS) is 34.9. The predicted octanol–water partition coefficient (Wildman–Crippen LogP) is -2.03. The van der Waals surface area contributed by atoms with Crippen molar-refractivity contribution in [1.29, 1.82) is 0 Å². The third-order valence-electron chi connectivity index (χ3n) is 2.29. The van der Waals surface area contributed by atoms with Gasteiger partial charge in [0.25, 0.3) is 0 Å². The van der Waals surface area contributed by atoms with Gasteiger partial charge in [-0.05, 0) is 17.4 Å². The molecule has 1 heterocycles. The molecule has 0 aromatic heterocycles. The molecule has 13 heavy (non-hydrogen) atoms. The summed E-state index contributed by atoms with van der Waals surface area (Å²) in [6.45, 7) is 1.71. The van der Waals surface area contributed by atoms with E-state index in [9.17, 15) is 13.5 Å². The van der Waals surface area contributed by atoms with Crippen LogP contribution in [-0.4, -0.2) is 57.7 Å². The van der Waals surface area contributed by atoms with E-state index in [2.05, 4.69) is 0 Å². The standard InChI is InChI=1S/C6H12NO4S.Al.2H/c1-6(4-8)3-7(12(10)11)2-5(6)9;;;/h5,8-9H,2-4H2,1H3;;;/q-1;+1;;/t5-,6-;;;/m0.../s1. The minimum absolute atomic E-state index is 0. The molecule has 0 unspecified atom stereocenters. The second-order valence-electron chi connectivity index (χ2n) is 3.37. The Morgan fingerprint density at radius 2 is 2.15 bits per heavy atom. The molecular weight excluding hydrogens is 209 g/mol. The van der Waals surface area contributed by atoms with Gasteiger partial charge in [-0.25, -0.2) is 0 Å². The first kappa shape index (κ1) is 13.4. The van der Waals surface area contributed by atoms with Crippen molar-refractivity contribution in [2.24, 2.45) is 5.41 Å². The molecule has 0 aromatic carbocycles. The molecule has 1 saturated heterocycles. The molecule has 0 aliphatic carbocycles. The van der Waals surface area contributed by atoms with E-state index in [1.165, 1.54) is 0 Å². The Labute approximate surface area is 89.6 Å². The number of hydrogen-bond acceptors (Lipinski definition) is 5. The molecule has 76 valence electrons. The molecule has 1 aliphatic rings. The van der Waals surface area contributed by atoms with E-state index in [1.807, 2.05) is 0 Å². The summed E-state index contributed by atoms with van der Waals surface area (Å²) in [6, 6.07) is 0. The number of nitrogens with zero attached hydrogens (tertiary/aromatic N) is 1. The minimum atomic E-state index is -2.30. The number of hydrogen-bond donors (Lipinski definition) is 2. The molecule has 0 aromatic rings. The Hall–Kier alpha value is 0.362. The molecule has 2 atom stereocenters. The van der Waals surface area contributed by atoms with Crippen molar-refractivity contribution in [3.8, 4) is 0 Å². The fourth-order valence-electron chi connectivity index (χ4n) is 1.26. The molecule has 1 rings (SSSR count). The molecule has 0 radical (unpaired) electrons. The van der Waals surface area contributed by atoms with E-state index in [-0.39, 0.29) is 37.1 Å². The third kappa shape index (κ3) is 2.65. The van der Waals surface area contributed by atoms with Crippen LogP contribution >= 0.6 is 0 Å². The Balaban J connectivity index is 0.00000144. The summed E-state index contributed by atoms with van der Waals surface area (Å²) in [5.74, 6) is 0.